The summed E-state index contributed by atoms with van der Waals surface area (Å²) in [6.07, 6.45) is 3.07. The molecule has 2 aliphatic rings. The van der Waals surface area contributed by atoms with Gasteiger partial charge in [-0.05, 0) is 70.6 Å². The molecule has 1 aromatic heterocycles. The number of carbonyl (C=O) groups excluding carboxylic acids is 1. The Labute approximate surface area is 142 Å². The first-order valence-corrected chi connectivity index (χ1v) is 8.79. The van der Waals surface area contributed by atoms with Gasteiger partial charge < -0.3 is 9.72 Å². The molecule has 0 radical (unpaired) electrons. The lowest BCUT2D eigenvalue weighted by Crippen LogP contribution is -2.43. The van der Waals surface area contributed by atoms with E-state index in [1.807, 2.05) is 31.7 Å². The molecule has 0 unspecified atom stereocenters. The minimum atomic E-state index is -0.478. The first kappa shape index (κ1) is 15.5. The number of imidazole rings is 1. The molecular weight excluding hydrogens is 302 g/mol. The van der Waals surface area contributed by atoms with E-state index in [1.54, 1.807) is 0 Å². The third-order valence-corrected chi connectivity index (χ3v) is 5.13. The van der Waals surface area contributed by atoms with E-state index in [0.29, 0.717) is 5.92 Å². The van der Waals surface area contributed by atoms with Crippen molar-refractivity contribution < 1.29 is 9.53 Å². The summed E-state index contributed by atoms with van der Waals surface area (Å²) in [6.45, 7) is 7.82. The van der Waals surface area contributed by atoms with Crippen LogP contribution in [0.15, 0.2) is 18.2 Å². The van der Waals surface area contributed by atoms with Gasteiger partial charge in [-0.2, -0.15) is 0 Å². The standard InChI is InChI=1S/C19H25N3O2/c1-11-5-8-14-15(9-11)21-17(20-14)16-12-6-7-13(10-12)22(16)18(23)24-19(2,3)4/h5,8-9,12-13,16H,6-7,10H2,1-4H3,(H,20,21)/t12-,13+,16-/m0/s1. The van der Waals surface area contributed by atoms with Crippen molar-refractivity contribution in [2.45, 2.75) is 64.6 Å². The summed E-state index contributed by atoms with van der Waals surface area (Å²) in [7, 11) is 0. The van der Waals surface area contributed by atoms with E-state index < -0.39 is 5.60 Å². The fourth-order valence-corrected chi connectivity index (χ4v) is 4.20. The van der Waals surface area contributed by atoms with Crippen molar-refractivity contribution >= 4 is 17.1 Å². The quantitative estimate of drug-likeness (QED) is 0.848. The summed E-state index contributed by atoms with van der Waals surface area (Å²) in [5, 5.41) is 0. The van der Waals surface area contributed by atoms with Gasteiger partial charge in [0.2, 0.25) is 0 Å². The van der Waals surface area contributed by atoms with E-state index in [-0.39, 0.29) is 18.2 Å². The third-order valence-electron chi connectivity index (χ3n) is 5.13. The van der Waals surface area contributed by atoms with Gasteiger partial charge in [0.25, 0.3) is 0 Å². The summed E-state index contributed by atoms with van der Waals surface area (Å²) >= 11 is 0. The summed E-state index contributed by atoms with van der Waals surface area (Å²) < 4.78 is 5.66. The lowest BCUT2D eigenvalue weighted by molar-refractivity contribution is 0.00623. The second-order valence-corrected chi connectivity index (χ2v) is 8.20. The number of carbonyl (C=O) groups is 1. The van der Waals surface area contributed by atoms with Gasteiger partial charge >= 0.3 is 6.09 Å². The number of aromatic amines is 1. The number of nitrogens with zero attached hydrogens (tertiary/aromatic N) is 2. The van der Waals surface area contributed by atoms with Gasteiger partial charge in [-0.25, -0.2) is 9.78 Å². The summed E-state index contributed by atoms with van der Waals surface area (Å²) in [4.78, 5) is 22.9. The molecule has 3 atom stereocenters. The highest BCUT2D eigenvalue weighted by Crippen LogP contribution is 2.50. The number of hydrogen-bond acceptors (Lipinski definition) is 3. The third kappa shape index (κ3) is 2.56. The van der Waals surface area contributed by atoms with Gasteiger partial charge in [0, 0.05) is 6.04 Å². The van der Waals surface area contributed by atoms with Crippen molar-refractivity contribution in [3.63, 3.8) is 0 Å². The molecule has 1 saturated heterocycles. The lowest BCUT2D eigenvalue weighted by Gasteiger charge is -2.35. The summed E-state index contributed by atoms with van der Waals surface area (Å²) in [5.74, 6) is 1.37. The van der Waals surface area contributed by atoms with Gasteiger partial charge in [-0.1, -0.05) is 6.07 Å². The molecule has 1 N–H and O–H groups in total. The van der Waals surface area contributed by atoms with Crippen molar-refractivity contribution in [1.29, 1.82) is 0 Å². The molecule has 2 bridgehead atoms. The van der Waals surface area contributed by atoms with Crippen molar-refractivity contribution in [1.82, 2.24) is 14.9 Å². The fourth-order valence-electron chi connectivity index (χ4n) is 4.20. The van der Waals surface area contributed by atoms with Crippen LogP contribution in [0.25, 0.3) is 11.0 Å². The number of amides is 1. The smallest absolute Gasteiger partial charge is 0.411 e. The van der Waals surface area contributed by atoms with Crippen LogP contribution in [-0.4, -0.2) is 32.6 Å². The SMILES string of the molecule is Cc1ccc2nc([C@@H]3[C@H]4CC[C@H](C4)N3C(=O)OC(C)(C)C)[nH]c2c1. The molecule has 1 amide bonds. The highest BCUT2D eigenvalue weighted by atomic mass is 16.6. The predicted octanol–water partition coefficient (Wildman–Crippen LogP) is 4.33. The van der Waals surface area contributed by atoms with Crippen molar-refractivity contribution in [2.24, 2.45) is 5.92 Å². The minimum absolute atomic E-state index is 0.00584. The van der Waals surface area contributed by atoms with Gasteiger partial charge in [-0.3, -0.25) is 4.90 Å². The highest BCUT2D eigenvalue weighted by molar-refractivity contribution is 5.76. The number of ether oxygens (including phenoxy) is 1. The van der Waals surface area contributed by atoms with E-state index in [9.17, 15) is 4.79 Å². The van der Waals surface area contributed by atoms with Crippen LogP contribution in [0.4, 0.5) is 4.79 Å². The molecule has 1 aromatic carbocycles. The molecule has 1 saturated carbocycles. The maximum atomic E-state index is 12.8. The summed E-state index contributed by atoms with van der Waals surface area (Å²) in [5.41, 5.74) is 2.73. The van der Waals surface area contributed by atoms with Gasteiger partial charge in [-0.15, -0.1) is 0 Å². The molecule has 0 spiro atoms. The van der Waals surface area contributed by atoms with Crippen molar-refractivity contribution in [2.75, 3.05) is 0 Å². The monoisotopic (exact) mass is 327 g/mol. The molecule has 2 fully saturated rings. The Morgan fingerprint density at radius 1 is 1.33 bits per heavy atom. The van der Waals surface area contributed by atoms with Crippen LogP contribution in [0.2, 0.25) is 0 Å². The first-order chi connectivity index (χ1) is 11.3. The number of hydrogen-bond donors (Lipinski definition) is 1. The van der Waals surface area contributed by atoms with Crippen LogP contribution >= 0.6 is 0 Å². The maximum absolute atomic E-state index is 12.8. The molecule has 2 heterocycles. The Morgan fingerprint density at radius 2 is 2.12 bits per heavy atom. The number of nitrogens with one attached hydrogen (secondary N) is 1. The van der Waals surface area contributed by atoms with E-state index in [2.05, 4.69) is 24.0 Å². The van der Waals surface area contributed by atoms with Crippen LogP contribution in [0.3, 0.4) is 0 Å². The van der Waals surface area contributed by atoms with Crippen LogP contribution in [0.5, 0.6) is 0 Å². The highest BCUT2D eigenvalue weighted by Gasteiger charge is 2.51. The molecule has 128 valence electrons. The van der Waals surface area contributed by atoms with E-state index in [4.69, 9.17) is 9.72 Å². The number of aryl methyl sites for hydroxylation is 1. The molecular formula is C19H25N3O2. The van der Waals surface area contributed by atoms with Gasteiger partial charge in [0.05, 0.1) is 17.1 Å². The normalized spacial score (nSPS) is 26.3. The first-order valence-electron chi connectivity index (χ1n) is 8.79. The van der Waals surface area contributed by atoms with Crippen LogP contribution < -0.4 is 0 Å². The Morgan fingerprint density at radius 3 is 2.88 bits per heavy atom. The molecule has 24 heavy (non-hydrogen) atoms. The number of benzene rings is 1. The molecule has 5 heteroatoms. The number of likely N-dealkylation sites (tertiary alicyclic amines) is 1. The number of H-pyrrole nitrogens is 1. The van der Waals surface area contributed by atoms with E-state index in [0.717, 1.165) is 36.1 Å². The zero-order valence-corrected chi connectivity index (χ0v) is 14.8. The molecule has 5 nitrogen and oxygen atoms in total. The number of fused-ring (bicyclic) bond motifs is 3. The van der Waals surface area contributed by atoms with Crippen molar-refractivity contribution in [3.05, 3.63) is 29.6 Å². The van der Waals surface area contributed by atoms with Crippen LogP contribution in [0.1, 0.15) is 57.5 Å². The fraction of sp³-hybridized carbons (Fsp3) is 0.579. The Hall–Kier alpha value is -2.04. The van der Waals surface area contributed by atoms with Gasteiger partial charge in [0.15, 0.2) is 0 Å². The average molecular weight is 327 g/mol. The lowest BCUT2D eigenvalue weighted by atomic mass is 9.98. The van der Waals surface area contributed by atoms with Crippen molar-refractivity contribution in [3.8, 4) is 0 Å². The topological polar surface area (TPSA) is 58.2 Å². The second kappa shape index (κ2) is 5.23. The Bertz CT molecular complexity index is 789. The van der Waals surface area contributed by atoms with Crippen LogP contribution in [0, 0.1) is 12.8 Å². The largest absolute Gasteiger partial charge is 0.444 e. The Kier molecular flexibility index (Phi) is 3.37. The zero-order valence-electron chi connectivity index (χ0n) is 14.8. The predicted molar refractivity (Wildman–Crippen MR) is 92.8 cm³/mol. The molecule has 4 rings (SSSR count). The van der Waals surface area contributed by atoms with Gasteiger partial charge in [0.1, 0.15) is 11.4 Å². The molecule has 1 aliphatic carbocycles. The molecule has 1 aliphatic heterocycles. The molecule has 2 aromatic rings. The number of piperidine rings is 1. The van der Waals surface area contributed by atoms with E-state index in [1.165, 1.54) is 5.56 Å². The number of rotatable bonds is 1. The number of aromatic nitrogens is 2. The summed E-state index contributed by atoms with van der Waals surface area (Å²) in [6, 6.07) is 6.50. The van der Waals surface area contributed by atoms with Crippen LogP contribution in [-0.2, 0) is 4.74 Å². The van der Waals surface area contributed by atoms with E-state index >= 15 is 0 Å². The minimum Gasteiger partial charge on any atom is -0.444 e. The average Bonchev–Trinajstić information content (AvgIpc) is 3.17. The zero-order chi connectivity index (χ0) is 17.1. The Balaban J connectivity index is 1.69. The second-order valence-electron chi connectivity index (χ2n) is 8.20. The maximum Gasteiger partial charge on any atom is 0.411 e.